The number of nitrogens with zero attached hydrogens (tertiary/aromatic N) is 1. The number of pyridine rings is 1. The lowest BCUT2D eigenvalue weighted by Gasteiger charge is -2.26. The second-order valence-electron chi connectivity index (χ2n) is 5.43. The smallest absolute Gasteiger partial charge is 0.339 e. The molecular formula is C17H23N2O5P. The summed E-state index contributed by atoms with van der Waals surface area (Å²) in [7, 11) is 0.736. The van der Waals surface area contributed by atoms with E-state index in [0.717, 1.165) is 5.69 Å². The van der Waals surface area contributed by atoms with Crippen molar-refractivity contribution in [2.24, 2.45) is 0 Å². The summed E-state index contributed by atoms with van der Waals surface area (Å²) in [4.78, 5) is 4.04. The van der Waals surface area contributed by atoms with Gasteiger partial charge in [-0.15, -0.1) is 0 Å². The van der Waals surface area contributed by atoms with Crippen LogP contribution in [0.4, 0.5) is 5.69 Å². The molecule has 1 heterocycles. The lowest BCUT2D eigenvalue weighted by Crippen LogP contribution is -2.15. The molecule has 7 nitrogen and oxygen atoms in total. The van der Waals surface area contributed by atoms with E-state index in [1.165, 1.54) is 21.3 Å². The number of rotatable bonds is 8. The molecule has 0 fully saturated rings. The van der Waals surface area contributed by atoms with Gasteiger partial charge in [-0.2, -0.15) is 0 Å². The number of nitrogens with one attached hydrogen (secondary N) is 1. The molecule has 136 valence electrons. The van der Waals surface area contributed by atoms with Gasteiger partial charge in [0.15, 0.2) is 11.5 Å². The number of aromatic hydroxyl groups is 1. The Morgan fingerprint density at radius 3 is 2.56 bits per heavy atom. The van der Waals surface area contributed by atoms with Crippen LogP contribution in [0.5, 0.6) is 11.5 Å². The van der Waals surface area contributed by atoms with Crippen LogP contribution in [-0.4, -0.2) is 38.0 Å². The number of hydrogen-bond acceptors (Lipinski definition) is 7. The van der Waals surface area contributed by atoms with Crippen LogP contribution in [0.25, 0.3) is 0 Å². The average molecular weight is 366 g/mol. The van der Waals surface area contributed by atoms with Gasteiger partial charge in [0, 0.05) is 33.2 Å². The van der Waals surface area contributed by atoms with Gasteiger partial charge in [0.05, 0.1) is 12.8 Å². The van der Waals surface area contributed by atoms with Crippen molar-refractivity contribution in [3.8, 4) is 11.5 Å². The minimum Gasteiger partial charge on any atom is -0.504 e. The maximum atomic E-state index is 13.1. The van der Waals surface area contributed by atoms with Crippen molar-refractivity contribution in [1.29, 1.82) is 0 Å². The molecule has 2 rings (SSSR count). The molecule has 8 heteroatoms. The molecule has 0 saturated carbocycles. The van der Waals surface area contributed by atoms with Crippen LogP contribution in [0, 0.1) is 6.92 Å². The van der Waals surface area contributed by atoms with E-state index in [4.69, 9.17) is 13.8 Å². The van der Waals surface area contributed by atoms with Crippen molar-refractivity contribution in [2.45, 2.75) is 12.6 Å². The Hall–Kier alpha value is -2.08. The van der Waals surface area contributed by atoms with Crippen molar-refractivity contribution in [3.63, 3.8) is 0 Å². The number of hydrogen-bond donors (Lipinski definition) is 2. The molecule has 0 aliphatic rings. The number of phenolic OH excluding ortho intramolecular Hbond substituents is 1. The second-order valence-corrected chi connectivity index (χ2v) is 7.87. The molecule has 0 aliphatic heterocycles. The van der Waals surface area contributed by atoms with E-state index in [1.807, 2.05) is 6.07 Å². The van der Waals surface area contributed by atoms with Crippen molar-refractivity contribution < 1.29 is 23.5 Å². The third kappa shape index (κ3) is 4.31. The Morgan fingerprint density at radius 2 is 2.00 bits per heavy atom. The van der Waals surface area contributed by atoms with E-state index in [0.29, 0.717) is 16.9 Å². The molecule has 2 aromatic rings. The average Bonchev–Trinajstić information content (AvgIpc) is 2.65. The second kappa shape index (κ2) is 8.34. The van der Waals surface area contributed by atoms with E-state index < -0.39 is 13.3 Å². The van der Waals surface area contributed by atoms with Crippen molar-refractivity contribution in [1.82, 2.24) is 4.98 Å². The quantitative estimate of drug-likeness (QED) is 0.688. The molecule has 2 N–H and O–H groups in total. The van der Waals surface area contributed by atoms with Crippen molar-refractivity contribution >= 4 is 13.3 Å². The van der Waals surface area contributed by atoms with Crippen molar-refractivity contribution in [3.05, 3.63) is 47.8 Å². The zero-order valence-corrected chi connectivity index (χ0v) is 15.6. The first kappa shape index (κ1) is 19.2. The SMILES string of the molecule is COc1cc(C(CNc2cccnc2)P(=O)(OC)OC)cc(C)c1O. The molecule has 0 amide bonds. The Labute approximate surface area is 147 Å². The fourth-order valence-electron chi connectivity index (χ4n) is 2.55. The molecule has 0 radical (unpaired) electrons. The summed E-state index contributed by atoms with van der Waals surface area (Å²) in [6.07, 6.45) is 3.34. The highest BCUT2D eigenvalue weighted by molar-refractivity contribution is 7.54. The zero-order chi connectivity index (χ0) is 18.4. The van der Waals surface area contributed by atoms with Crippen LogP contribution in [0.15, 0.2) is 36.7 Å². The summed E-state index contributed by atoms with van der Waals surface area (Å²) >= 11 is 0. The van der Waals surface area contributed by atoms with Gasteiger partial charge >= 0.3 is 7.60 Å². The van der Waals surface area contributed by atoms with Gasteiger partial charge in [-0.05, 0) is 36.2 Å². The number of phenols is 1. The predicted octanol–water partition coefficient (Wildman–Crippen LogP) is 3.74. The van der Waals surface area contributed by atoms with E-state index in [9.17, 15) is 9.67 Å². The lowest BCUT2D eigenvalue weighted by atomic mass is 10.1. The monoisotopic (exact) mass is 366 g/mol. The molecule has 0 spiro atoms. The summed E-state index contributed by atoms with van der Waals surface area (Å²) in [5.41, 5.74) is 1.47. The Kier molecular flexibility index (Phi) is 6.42. The fourth-order valence-corrected chi connectivity index (χ4v) is 4.03. The molecule has 0 aliphatic carbocycles. The van der Waals surface area contributed by atoms with Gasteiger partial charge in [0.25, 0.3) is 0 Å². The highest BCUT2D eigenvalue weighted by Crippen LogP contribution is 2.60. The summed E-state index contributed by atoms with van der Waals surface area (Å²) in [6, 6.07) is 7.05. The number of ether oxygens (including phenoxy) is 1. The Bertz CT molecular complexity index is 746. The van der Waals surface area contributed by atoms with Crippen LogP contribution in [0.3, 0.4) is 0 Å². The molecule has 1 aromatic heterocycles. The zero-order valence-electron chi connectivity index (χ0n) is 14.7. The minimum atomic E-state index is -3.44. The molecule has 1 aromatic carbocycles. The summed E-state index contributed by atoms with van der Waals surface area (Å²) < 4.78 is 28.7. The topological polar surface area (TPSA) is 89.9 Å². The minimum absolute atomic E-state index is 0.0508. The highest BCUT2D eigenvalue weighted by atomic mass is 31.2. The van der Waals surface area contributed by atoms with Gasteiger partial charge in [0.2, 0.25) is 0 Å². The van der Waals surface area contributed by atoms with Crippen LogP contribution >= 0.6 is 7.60 Å². The number of benzene rings is 1. The largest absolute Gasteiger partial charge is 0.504 e. The molecule has 0 saturated heterocycles. The molecule has 1 atom stereocenters. The molecule has 1 unspecified atom stereocenters. The third-order valence-electron chi connectivity index (χ3n) is 3.94. The first-order chi connectivity index (χ1) is 11.9. The maximum absolute atomic E-state index is 13.1. The standard InChI is InChI=1S/C17H23N2O5P/c1-12-8-13(9-15(22-2)17(12)20)16(25(21,23-3)24-4)11-19-14-6-5-7-18-10-14/h5-10,16,19-20H,11H2,1-4H3. The summed E-state index contributed by atoms with van der Waals surface area (Å²) in [6.45, 7) is 2.04. The van der Waals surface area contributed by atoms with Crippen molar-refractivity contribution in [2.75, 3.05) is 33.2 Å². The van der Waals surface area contributed by atoms with Gasteiger partial charge in [-0.25, -0.2) is 0 Å². The molecule has 0 bridgehead atoms. The summed E-state index contributed by atoms with van der Waals surface area (Å²) in [5, 5.41) is 13.2. The summed E-state index contributed by atoms with van der Waals surface area (Å²) in [5.74, 6) is 0.356. The van der Waals surface area contributed by atoms with Gasteiger partial charge in [-0.3, -0.25) is 9.55 Å². The number of anilines is 1. The first-order valence-electron chi connectivity index (χ1n) is 7.67. The van der Waals surface area contributed by atoms with E-state index in [2.05, 4.69) is 10.3 Å². The third-order valence-corrected chi connectivity index (χ3v) is 6.21. The van der Waals surface area contributed by atoms with Gasteiger partial charge in [0.1, 0.15) is 5.66 Å². The fraction of sp³-hybridized carbons (Fsp3) is 0.353. The predicted molar refractivity (Wildman–Crippen MR) is 96.5 cm³/mol. The number of aryl methyl sites for hydroxylation is 1. The van der Waals surface area contributed by atoms with Crippen LogP contribution < -0.4 is 10.1 Å². The Morgan fingerprint density at radius 1 is 1.28 bits per heavy atom. The van der Waals surface area contributed by atoms with E-state index >= 15 is 0 Å². The van der Waals surface area contributed by atoms with Gasteiger partial charge in [-0.1, -0.05) is 6.07 Å². The number of aromatic nitrogens is 1. The van der Waals surface area contributed by atoms with Gasteiger partial charge < -0.3 is 24.2 Å². The first-order valence-corrected chi connectivity index (χ1v) is 9.29. The number of methoxy groups -OCH3 is 1. The van der Waals surface area contributed by atoms with Crippen LogP contribution in [0.2, 0.25) is 0 Å². The highest BCUT2D eigenvalue weighted by Gasteiger charge is 2.36. The Balaban J connectivity index is 2.41. The lowest BCUT2D eigenvalue weighted by molar-refractivity contribution is 0.266. The normalized spacial score (nSPS) is 12.6. The van der Waals surface area contributed by atoms with E-state index in [-0.39, 0.29) is 12.3 Å². The molecule has 25 heavy (non-hydrogen) atoms. The van der Waals surface area contributed by atoms with Crippen LogP contribution in [-0.2, 0) is 13.6 Å². The maximum Gasteiger partial charge on any atom is 0.339 e. The molecular weight excluding hydrogens is 343 g/mol. The van der Waals surface area contributed by atoms with E-state index in [1.54, 1.807) is 37.5 Å². The van der Waals surface area contributed by atoms with Crippen LogP contribution in [0.1, 0.15) is 16.8 Å².